The van der Waals surface area contributed by atoms with Gasteiger partial charge in [0.25, 0.3) is 0 Å². The summed E-state index contributed by atoms with van der Waals surface area (Å²) >= 11 is 6.13. The predicted molar refractivity (Wildman–Crippen MR) is 107 cm³/mol. The highest BCUT2D eigenvalue weighted by Gasteiger charge is 2.23. The summed E-state index contributed by atoms with van der Waals surface area (Å²) in [7, 11) is 0. The summed E-state index contributed by atoms with van der Waals surface area (Å²) in [5, 5.41) is 18.0. The second kappa shape index (κ2) is 8.45. The van der Waals surface area contributed by atoms with E-state index in [2.05, 4.69) is 20.6 Å². The molecule has 3 rings (SSSR count). The van der Waals surface area contributed by atoms with Gasteiger partial charge in [-0.05, 0) is 30.7 Å². The number of anilines is 3. The lowest BCUT2D eigenvalue weighted by Gasteiger charge is -2.11. The van der Waals surface area contributed by atoms with Gasteiger partial charge in [0, 0.05) is 22.8 Å². The fraction of sp³-hybridized carbons (Fsp3) is 0.105. The van der Waals surface area contributed by atoms with Gasteiger partial charge in [-0.1, -0.05) is 41.9 Å². The monoisotopic (exact) mass is 397 g/mol. The van der Waals surface area contributed by atoms with Crippen LogP contribution in [0.15, 0.2) is 54.9 Å². The first-order valence-electron chi connectivity index (χ1n) is 8.30. The molecule has 0 saturated heterocycles. The first kappa shape index (κ1) is 19.2. The second-order valence-electron chi connectivity index (χ2n) is 5.88. The summed E-state index contributed by atoms with van der Waals surface area (Å²) in [6.45, 7) is 1.71. The molecule has 0 aliphatic rings. The standard InChI is InChI=1S/C19H16ClN5O3/c1-12(26)13-6-4-7-15(9-13)24-19-17(25(27)28)18(22-11-23-19)21-10-14-5-2-3-8-16(14)20/h2-9,11H,10H2,1H3,(H2,21,22,23,24). The molecule has 0 fully saturated rings. The van der Waals surface area contributed by atoms with E-state index in [0.717, 1.165) is 5.56 Å². The molecule has 0 amide bonds. The molecule has 0 radical (unpaired) electrons. The number of aromatic nitrogens is 2. The smallest absolute Gasteiger partial charge is 0.353 e. The third-order valence-corrected chi connectivity index (χ3v) is 4.31. The maximum atomic E-state index is 11.7. The molecule has 2 aromatic carbocycles. The Kier molecular flexibility index (Phi) is 5.81. The molecule has 0 bridgehead atoms. The van der Waals surface area contributed by atoms with Crippen molar-refractivity contribution in [1.29, 1.82) is 0 Å². The van der Waals surface area contributed by atoms with Crippen LogP contribution in [0, 0.1) is 10.1 Å². The first-order chi connectivity index (χ1) is 13.5. The molecule has 0 unspecified atom stereocenters. The number of benzene rings is 2. The molecule has 28 heavy (non-hydrogen) atoms. The molecule has 2 N–H and O–H groups in total. The van der Waals surface area contributed by atoms with E-state index in [1.54, 1.807) is 36.4 Å². The molecule has 9 heteroatoms. The van der Waals surface area contributed by atoms with Crippen molar-refractivity contribution in [3.63, 3.8) is 0 Å². The number of Topliss-reactive ketones (excluding diaryl/α,β-unsaturated/α-hetero) is 1. The van der Waals surface area contributed by atoms with Crippen LogP contribution < -0.4 is 10.6 Å². The number of nitrogens with one attached hydrogen (secondary N) is 2. The van der Waals surface area contributed by atoms with E-state index in [0.29, 0.717) is 16.3 Å². The summed E-state index contributed by atoms with van der Waals surface area (Å²) in [5.74, 6) is -0.0320. The Balaban J connectivity index is 1.89. The van der Waals surface area contributed by atoms with Crippen LogP contribution in [-0.2, 0) is 6.54 Å². The molecule has 0 atom stereocenters. The van der Waals surface area contributed by atoms with Crippen LogP contribution in [0.5, 0.6) is 0 Å². The summed E-state index contributed by atoms with van der Waals surface area (Å²) in [6, 6.07) is 13.8. The number of ketones is 1. The SMILES string of the molecule is CC(=O)c1cccc(Nc2ncnc(NCc3ccccc3Cl)c2[N+](=O)[O-])c1. The summed E-state index contributed by atoms with van der Waals surface area (Å²) < 4.78 is 0. The van der Waals surface area contributed by atoms with Crippen molar-refractivity contribution in [2.75, 3.05) is 10.6 Å². The number of carbonyl (C=O) groups excluding carboxylic acids is 1. The minimum absolute atomic E-state index is 0.0161. The van der Waals surface area contributed by atoms with Crippen LogP contribution in [0.1, 0.15) is 22.8 Å². The van der Waals surface area contributed by atoms with E-state index in [1.165, 1.54) is 13.3 Å². The fourth-order valence-corrected chi connectivity index (χ4v) is 2.75. The van der Waals surface area contributed by atoms with Crippen molar-refractivity contribution < 1.29 is 9.72 Å². The Hall–Kier alpha value is -3.52. The van der Waals surface area contributed by atoms with Crippen molar-refractivity contribution in [2.24, 2.45) is 0 Å². The van der Waals surface area contributed by atoms with Crippen molar-refractivity contribution in [2.45, 2.75) is 13.5 Å². The fourth-order valence-electron chi connectivity index (χ4n) is 2.55. The minimum atomic E-state index is -0.563. The highest BCUT2D eigenvalue weighted by atomic mass is 35.5. The number of nitrogens with zero attached hydrogens (tertiary/aromatic N) is 3. The highest BCUT2D eigenvalue weighted by molar-refractivity contribution is 6.31. The van der Waals surface area contributed by atoms with Crippen LogP contribution in [0.4, 0.5) is 23.0 Å². The molecule has 0 spiro atoms. The van der Waals surface area contributed by atoms with Crippen LogP contribution in [0.3, 0.4) is 0 Å². The lowest BCUT2D eigenvalue weighted by molar-refractivity contribution is -0.383. The number of rotatable bonds is 7. The molecule has 3 aromatic rings. The topological polar surface area (TPSA) is 110 Å². The van der Waals surface area contributed by atoms with E-state index in [-0.39, 0.29) is 29.7 Å². The van der Waals surface area contributed by atoms with E-state index >= 15 is 0 Å². The molecule has 0 aliphatic heterocycles. The van der Waals surface area contributed by atoms with Crippen molar-refractivity contribution in [3.05, 3.63) is 81.1 Å². The maximum Gasteiger partial charge on any atom is 0.353 e. The van der Waals surface area contributed by atoms with Gasteiger partial charge in [0.05, 0.1) is 4.92 Å². The van der Waals surface area contributed by atoms with Gasteiger partial charge in [0.1, 0.15) is 6.33 Å². The van der Waals surface area contributed by atoms with Crippen LogP contribution in [0.2, 0.25) is 5.02 Å². The van der Waals surface area contributed by atoms with Gasteiger partial charge >= 0.3 is 5.69 Å². The normalized spacial score (nSPS) is 10.4. The zero-order chi connectivity index (χ0) is 20.1. The number of halogens is 1. The van der Waals surface area contributed by atoms with Gasteiger partial charge in [-0.2, -0.15) is 0 Å². The van der Waals surface area contributed by atoms with Gasteiger partial charge in [-0.3, -0.25) is 14.9 Å². The maximum absolute atomic E-state index is 11.7. The lowest BCUT2D eigenvalue weighted by Crippen LogP contribution is -2.08. The van der Waals surface area contributed by atoms with Gasteiger partial charge in [-0.25, -0.2) is 9.97 Å². The van der Waals surface area contributed by atoms with Crippen molar-refractivity contribution in [3.8, 4) is 0 Å². The Morgan fingerprint density at radius 3 is 2.61 bits per heavy atom. The molecule has 1 heterocycles. The molecular formula is C19H16ClN5O3. The molecular weight excluding hydrogens is 382 g/mol. The predicted octanol–water partition coefficient (Wildman–Crippen LogP) is 4.60. The lowest BCUT2D eigenvalue weighted by atomic mass is 10.1. The highest BCUT2D eigenvalue weighted by Crippen LogP contribution is 2.32. The molecule has 0 saturated carbocycles. The van der Waals surface area contributed by atoms with E-state index in [1.807, 2.05) is 12.1 Å². The minimum Gasteiger partial charge on any atom is -0.360 e. The molecule has 0 aliphatic carbocycles. The third-order valence-electron chi connectivity index (χ3n) is 3.94. The number of hydrogen-bond acceptors (Lipinski definition) is 7. The van der Waals surface area contributed by atoms with Crippen molar-refractivity contribution >= 4 is 40.4 Å². The average Bonchev–Trinajstić information content (AvgIpc) is 2.67. The van der Waals surface area contributed by atoms with E-state index < -0.39 is 4.92 Å². The van der Waals surface area contributed by atoms with Crippen LogP contribution in [0.25, 0.3) is 0 Å². The summed E-state index contributed by atoms with van der Waals surface area (Å²) in [6.07, 6.45) is 1.22. The zero-order valence-corrected chi connectivity index (χ0v) is 15.6. The van der Waals surface area contributed by atoms with Crippen molar-refractivity contribution in [1.82, 2.24) is 9.97 Å². The number of nitro groups is 1. The number of carbonyl (C=O) groups is 1. The van der Waals surface area contributed by atoms with Crippen LogP contribution in [-0.4, -0.2) is 20.7 Å². The quantitative estimate of drug-likeness (QED) is 0.340. The van der Waals surface area contributed by atoms with E-state index in [9.17, 15) is 14.9 Å². The van der Waals surface area contributed by atoms with E-state index in [4.69, 9.17) is 11.6 Å². The Morgan fingerprint density at radius 2 is 1.89 bits per heavy atom. The second-order valence-corrected chi connectivity index (χ2v) is 6.29. The van der Waals surface area contributed by atoms with Gasteiger partial charge in [-0.15, -0.1) is 0 Å². The molecule has 1 aromatic heterocycles. The Morgan fingerprint density at radius 1 is 1.14 bits per heavy atom. The Bertz CT molecular complexity index is 1040. The largest absolute Gasteiger partial charge is 0.360 e. The van der Waals surface area contributed by atoms with Gasteiger partial charge < -0.3 is 10.6 Å². The first-order valence-corrected chi connectivity index (χ1v) is 8.68. The third kappa shape index (κ3) is 4.41. The molecule has 142 valence electrons. The number of hydrogen-bond donors (Lipinski definition) is 2. The summed E-state index contributed by atoms with van der Waals surface area (Å²) in [4.78, 5) is 30.6. The van der Waals surface area contributed by atoms with Gasteiger partial charge in [0.2, 0.25) is 11.6 Å². The van der Waals surface area contributed by atoms with Gasteiger partial charge in [0.15, 0.2) is 5.78 Å². The summed E-state index contributed by atoms with van der Waals surface area (Å²) in [5.41, 5.74) is 1.47. The zero-order valence-electron chi connectivity index (χ0n) is 14.8. The average molecular weight is 398 g/mol. The van der Waals surface area contributed by atoms with Crippen LogP contribution >= 0.6 is 11.6 Å². The molecule has 8 nitrogen and oxygen atoms in total. The Labute approximate surface area is 165 Å².